The molecular weight excluding hydrogens is 190 g/mol. The predicted octanol–water partition coefficient (Wildman–Crippen LogP) is 2.01. The fourth-order valence-corrected chi connectivity index (χ4v) is 1.61. The van der Waals surface area contributed by atoms with E-state index in [0.29, 0.717) is 23.7 Å². The Morgan fingerprint density at radius 3 is 2.53 bits per heavy atom. The lowest BCUT2D eigenvalue weighted by Crippen LogP contribution is -2.09. The number of carbonyl (C=O) groups is 1. The highest BCUT2D eigenvalue weighted by Gasteiger charge is 2.16. The van der Waals surface area contributed by atoms with Crippen molar-refractivity contribution in [2.75, 3.05) is 5.73 Å². The number of nitrogen functional groups attached to an aromatic ring is 1. The number of nitrogens with two attached hydrogens (primary N) is 1. The molecule has 0 aliphatic carbocycles. The number of nitrogens with zero attached hydrogens (tertiary/aromatic N) is 2. The summed E-state index contributed by atoms with van der Waals surface area (Å²) in [7, 11) is 1.74. The highest BCUT2D eigenvalue weighted by Crippen LogP contribution is 2.19. The van der Waals surface area contributed by atoms with Gasteiger partial charge in [0.2, 0.25) is 0 Å². The minimum absolute atomic E-state index is 0.106. The molecule has 1 heterocycles. The van der Waals surface area contributed by atoms with Crippen LogP contribution in [0.3, 0.4) is 0 Å². The molecule has 0 radical (unpaired) electrons. The Hall–Kier alpha value is -1.32. The van der Waals surface area contributed by atoms with Crippen LogP contribution in [0.25, 0.3) is 0 Å². The number of aromatic nitrogens is 2. The van der Waals surface area contributed by atoms with Gasteiger partial charge in [0.15, 0.2) is 5.78 Å². The molecule has 0 aliphatic heterocycles. The van der Waals surface area contributed by atoms with Gasteiger partial charge in [-0.25, -0.2) is 0 Å². The van der Waals surface area contributed by atoms with Gasteiger partial charge in [-0.1, -0.05) is 26.7 Å². The summed E-state index contributed by atoms with van der Waals surface area (Å²) in [6, 6.07) is 0. The molecule has 0 saturated carbocycles. The number of hydrogen-bond donors (Lipinski definition) is 1. The summed E-state index contributed by atoms with van der Waals surface area (Å²) in [4.78, 5) is 11.9. The van der Waals surface area contributed by atoms with Crippen LogP contribution >= 0.6 is 0 Å². The van der Waals surface area contributed by atoms with E-state index >= 15 is 0 Å². The molecule has 1 aromatic rings. The van der Waals surface area contributed by atoms with E-state index < -0.39 is 0 Å². The Morgan fingerprint density at radius 1 is 1.53 bits per heavy atom. The molecule has 0 aromatic carbocycles. The van der Waals surface area contributed by atoms with Crippen LogP contribution in [0.1, 0.15) is 43.5 Å². The van der Waals surface area contributed by atoms with Gasteiger partial charge in [0, 0.05) is 13.5 Å². The van der Waals surface area contributed by atoms with Crippen molar-refractivity contribution in [3.05, 3.63) is 11.8 Å². The Kier molecular flexibility index (Phi) is 3.88. The Bertz CT molecular complexity index is 340. The molecule has 84 valence electrons. The molecule has 0 amide bonds. The van der Waals surface area contributed by atoms with E-state index in [4.69, 9.17) is 5.73 Å². The summed E-state index contributed by atoms with van der Waals surface area (Å²) in [5, 5.41) is 3.97. The first-order valence-corrected chi connectivity index (χ1v) is 5.40. The number of hydrogen-bond acceptors (Lipinski definition) is 3. The quantitative estimate of drug-likeness (QED) is 0.754. The van der Waals surface area contributed by atoms with Crippen molar-refractivity contribution in [3.8, 4) is 0 Å². The van der Waals surface area contributed by atoms with Crippen LogP contribution in [-0.2, 0) is 7.05 Å². The lowest BCUT2D eigenvalue weighted by atomic mass is 9.95. The van der Waals surface area contributed by atoms with Crippen molar-refractivity contribution in [1.29, 1.82) is 0 Å². The first-order chi connectivity index (χ1) is 7.10. The number of ketones is 1. The first kappa shape index (κ1) is 11.8. The van der Waals surface area contributed by atoms with Crippen molar-refractivity contribution in [1.82, 2.24) is 9.78 Å². The van der Waals surface area contributed by atoms with Crippen molar-refractivity contribution in [2.45, 2.75) is 33.1 Å². The maximum Gasteiger partial charge on any atom is 0.168 e. The summed E-state index contributed by atoms with van der Waals surface area (Å²) in [5.74, 6) is 1.03. The molecule has 1 aromatic heterocycles. The molecule has 15 heavy (non-hydrogen) atoms. The van der Waals surface area contributed by atoms with Gasteiger partial charge in [-0.2, -0.15) is 5.10 Å². The number of aryl methyl sites for hydroxylation is 1. The van der Waals surface area contributed by atoms with Crippen LogP contribution in [0.2, 0.25) is 0 Å². The van der Waals surface area contributed by atoms with E-state index in [1.165, 1.54) is 4.68 Å². The molecule has 4 nitrogen and oxygen atoms in total. The zero-order valence-corrected chi connectivity index (χ0v) is 9.66. The Balaban J connectivity index is 2.73. The van der Waals surface area contributed by atoms with E-state index in [9.17, 15) is 4.79 Å². The SMILES string of the molecule is CCC(CC)CC(=O)c1cnn(C)c1N. The van der Waals surface area contributed by atoms with E-state index in [1.54, 1.807) is 13.2 Å². The summed E-state index contributed by atoms with van der Waals surface area (Å²) in [6.45, 7) is 4.21. The van der Waals surface area contributed by atoms with Gasteiger partial charge < -0.3 is 5.73 Å². The highest BCUT2D eigenvalue weighted by molar-refractivity contribution is 5.99. The third-order valence-corrected chi connectivity index (χ3v) is 2.91. The standard InChI is InChI=1S/C11H19N3O/c1-4-8(5-2)6-10(15)9-7-13-14(3)11(9)12/h7-8H,4-6,12H2,1-3H3. The monoisotopic (exact) mass is 209 g/mol. The molecule has 0 saturated heterocycles. The van der Waals surface area contributed by atoms with Gasteiger partial charge in [0.05, 0.1) is 11.8 Å². The normalized spacial score (nSPS) is 10.9. The third kappa shape index (κ3) is 2.58. The number of Topliss-reactive ketones (excluding diaryl/α,β-unsaturated/α-hetero) is 1. The number of carbonyl (C=O) groups excluding carboxylic acids is 1. The minimum Gasteiger partial charge on any atom is -0.383 e. The van der Waals surface area contributed by atoms with E-state index in [2.05, 4.69) is 18.9 Å². The van der Waals surface area contributed by atoms with E-state index in [1.807, 2.05) is 0 Å². The Labute approximate surface area is 90.5 Å². The number of anilines is 1. The van der Waals surface area contributed by atoms with Gasteiger partial charge in [-0.3, -0.25) is 9.48 Å². The predicted molar refractivity (Wildman–Crippen MR) is 60.6 cm³/mol. The third-order valence-electron chi connectivity index (χ3n) is 2.91. The molecule has 1 rings (SSSR count). The molecule has 0 atom stereocenters. The summed E-state index contributed by atoms with van der Waals surface area (Å²) >= 11 is 0. The van der Waals surface area contributed by atoms with Gasteiger partial charge in [0.1, 0.15) is 5.82 Å². The zero-order chi connectivity index (χ0) is 11.4. The molecule has 2 N–H and O–H groups in total. The molecule has 0 fully saturated rings. The minimum atomic E-state index is 0.106. The second kappa shape index (κ2) is 4.96. The van der Waals surface area contributed by atoms with E-state index in [-0.39, 0.29) is 5.78 Å². The second-order valence-corrected chi connectivity index (χ2v) is 3.88. The molecule has 0 bridgehead atoms. The van der Waals surface area contributed by atoms with Crippen LogP contribution < -0.4 is 5.73 Å². The fraction of sp³-hybridized carbons (Fsp3) is 0.636. The average Bonchev–Trinajstić information content (AvgIpc) is 2.56. The fourth-order valence-electron chi connectivity index (χ4n) is 1.61. The van der Waals surface area contributed by atoms with Crippen LogP contribution in [0.5, 0.6) is 0 Å². The average molecular weight is 209 g/mol. The second-order valence-electron chi connectivity index (χ2n) is 3.88. The molecule has 0 aliphatic rings. The smallest absolute Gasteiger partial charge is 0.168 e. The topological polar surface area (TPSA) is 60.9 Å². The molecule has 0 unspecified atom stereocenters. The maximum atomic E-state index is 11.9. The summed E-state index contributed by atoms with van der Waals surface area (Å²) in [6.07, 6.45) is 4.19. The van der Waals surface area contributed by atoms with Gasteiger partial charge in [-0.05, 0) is 5.92 Å². The van der Waals surface area contributed by atoms with Crippen molar-refractivity contribution in [2.24, 2.45) is 13.0 Å². The van der Waals surface area contributed by atoms with Crippen LogP contribution in [0.15, 0.2) is 6.20 Å². The molecule has 0 spiro atoms. The van der Waals surface area contributed by atoms with Crippen molar-refractivity contribution in [3.63, 3.8) is 0 Å². The van der Waals surface area contributed by atoms with Crippen LogP contribution in [0.4, 0.5) is 5.82 Å². The first-order valence-electron chi connectivity index (χ1n) is 5.40. The van der Waals surface area contributed by atoms with E-state index in [0.717, 1.165) is 12.8 Å². The van der Waals surface area contributed by atoms with Crippen LogP contribution in [0, 0.1) is 5.92 Å². The molecular formula is C11H19N3O. The lowest BCUT2D eigenvalue weighted by Gasteiger charge is -2.10. The van der Waals surface area contributed by atoms with Gasteiger partial charge in [-0.15, -0.1) is 0 Å². The van der Waals surface area contributed by atoms with Crippen LogP contribution in [-0.4, -0.2) is 15.6 Å². The van der Waals surface area contributed by atoms with Crippen molar-refractivity contribution < 1.29 is 4.79 Å². The Morgan fingerprint density at radius 2 is 2.13 bits per heavy atom. The van der Waals surface area contributed by atoms with Gasteiger partial charge >= 0.3 is 0 Å². The summed E-state index contributed by atoms with van der Waals surface area (Å²) in [5.41, 5.74) is 6.30. The summed E-state index contributed by atoms with van der Waals surface area (Å²) < 4.78 is 1.53. The van der Waals surface area contributed by atoms with Gasteiger partial charge in [0.25, 0.3) is 0 Å². The lowest BCUT2D eigenvalue weighted by molar-refractivity contribution is 0.0959. The molecule has 4 heteroatoms. The van der Waals surface area contributed by atoms with Crippen molar-refractivity contribution >= 4 is 11.6 Å². The zero-order valence-electron chi connectivity index (χ0n) is 9.66. The highest BCUT2D eigenvalue weighted by atomic mass is 16.1. The largest absolute Gasteiger partial charge is 0.383 e. The number of rotatable bonds is 5. The maximum absolute atomic E-state index is 11.9.